The van der Waals surface area contributed by atoms with Crippen molar-refractivity contribution in [2.45, 2.75) is 0 Å². The van der Waals surface area contributed by atoms with E-state index in [4.69, 9.17) is 6.42 Å². The second-order valence-corrected chi connectivity index (χ2v) is 6.32. The molecule has 2 heterocycles. The molecular weight excluding hydrogens is 314 g/mol. The average Bonchev–Trinajstić information content (AvgIpc) is 3.08. The van der Waals surface area contributed by atoms with E-state index in [0.29, 0.717) is 0 Å². The monoisotopic (exact) mass is 327 g/mol. The first kappa shape index (κ1) is 14.4. The Morgan fingerprint density at radius 3 is 2.67 bits per heavy atom. The highest BCUT2D eigenvalue weighted by atomic mass is 32.1. The minimum atomic E-state index is 0.793. The molecule has 4 rings (SSSR count). The van der Waals surface area contributed by atoms with E-state index in [-0.39, 0.29) is 0 Å². The molecule has 0 bridgehead atoms. The van der Waals surface area contributed by atoms with Gasteiger partial charge in [0.1, 0.15) is 6.33 Å². The maximum absolute atomic E-state index is 5.47. The zero-order valence-corrected chi connectivity index (χ0v) is 13.5. The third-order valence-corrected chi connectivity index (χ3v) is 4.84. The first-order valence-corrected chi connectivity index (χ1v) is 8.29. The molecule has 0 fully saturated rings. The second-order valence-electron chi connectivity index (χ2n) is 5.26. The summed E-state index contributed by atoms with van der Waals surface area (Å²) >= 11 is 1.68. The smallest absolute Gasteiger partial charge is 0.151 e. The van der Waals surface area contributed by atoms with Crippen LogP contribution in [-0.2, 0) is 0 Å². The molecule has 4 aromatic rings. The average molecular weight is 327 g/mol. The van der Waals surface area contributed by atoms with Gasteiger partial charge in [-0.15, -0.1) is 17.8 Å². The summed E-state index contributed by atoms with van der Waals surface area (Å²) in [5.41, 5.74) is 3.87. The van der Waals surface area contributed by atoms with Crippen LogP contribution in [0.5, 0.6) is 0 Å². The summed E-state index contributed by atoms with van der Waals surface area (Å²) in [6.45, 7) is 0. The number of fused-ring (bicyclic) bond motifs is 1. The summed E-state index contributed by atoms with van der Waals surface area (Å²) in [5.74, 6) is 3.44. The highest BCUT2D eigenvalue weighted by molar-refractivity contribution is 7.22. The Morgan fingerprint density at radius 2 is 1.83 bits per heavy atom. The van der Waals surface area contributed by atoms with Crippen LogP contribution in [0, 0.1) is 12.3 Å². The summed E-state index contributed by atoms with van der Waals surface area (Å²) in [6, 6.07) is 20.1. The Hall–Kier alpha value is -3.16. The van der Waals surface area contributed by atoms with Crippen LogP contribution in [-0.4, -0.2) is 9.97 Å². The van der Waals surface area contributed by atoms with Crippen LogP contribution in [0.3, 0.4) is 0 Å². The molecule has 1 N–H and O–H groups in total. The third kappa shape index (κ3) is 2.73. The highest BCUT2D eigenvalue weighted by Crippen LogP contribution is 2.36. The van der Waals surface area contributed by atoms with E-state index in [1.54, 1.807) is 17.7 Å². The van der Waals surface area contributed by atoms with Gasteiger partial charge in [0.2, 0.25) is 0 Å². The molecule has 0 aliphatic heterocycles. The zero-order chi connectivity index (χ0) is 16.4. The van der Waals surface area contributed by atoms with E-state index in [9.17, 15) is 0 Å². The van der Waals surface area contributed by atoms with E-state index in [0.717, 1.165) is 27.3 Å². The molecule has 0 saturated carbocycles. The van der Waals surface area contributed by atoms with Crippen molar-refractivity contribution in [2.75, 3.05) is 5.32 Å². The lowest BCUT2D eigenvalue weighted by Crippen LogP contribution is -1.94. The molecule has 0 unspecified atom stereocenters. The lowest BCUT2D eigenvalue weighted by molar-refractivity contribution is 1.23. The van der Waals surface area contributed by atoms with Gasteiger partial charge >= 0.3 is 0 Å². The van der Waals surface area contributed by atoms with Crippen molar-refractivity contribution in [3.05, 3.63) is 72.6 Å². The van der Waals surface area contributed by atoms with Crippen molar-refractivity contribution < 1.29 is 0 Å². The van der Waals surface area contributed by atoms with Gasteiger partial charge in [0.25, 0.3) is 0 Å². The Kier molecular flexibility index (Phi) is 3.70. The van der Waals surface area contributed by atoms with Crippen LogP contribution >= 0.6 is 11.3 Å². The normalized spacial score (nSPS) is 10.5. The predicted molar refractivity (Wildman–Crippen MR) is 101 cm³/mol. The Morgan fingerprint density at radius 1 is 0.958 bits per heavy atom. The van der Waals surface area contributed by atoms with Gasteiger partial charge in [-0.3, -0.25) is 0 Å². The van der Waals surface area contributed by atoms with Gasteiger partial charge in [-0.05, 0) is 29.8 Å². The topological polar surface area (TPSA) is 37.8 Å². The number of thiophene rings is 1. The van der Waals surface area contributed by atoms with Gasteiger partial charge in [0, 0.05) is 16.1 Å². The number of hydrogen-bond acceptors (Lipinski definition) is 4. The number of nitrogens with one attached hydrogen (secondary N) is 1. The molecule has 0 saturated heterocycles. The number of rotatable bonds is 3. The predicted octanol–water partition coefficient (Wildman–Crippen LogP) is 5.08. The fourth-order valence-corrected chi connectivity index (χ4v) is 3.57. The first-order valence-electron chi connectivity index (χ1n) is 7.47. The van der Waals surface area contributed by atoms with E-state index < -0.39 is 0 Å². The van der Waals surface area contributed by atoms with Crippen LogP contribution in [0.2, 0.25) is 0 Å². The molecule has 3 nitrogen and oxygen atoms in total. The largest absolute Gasteiger partial charge is 0.339 e. The summed E-state index contributed by atoms with van der Waals surface area (Å²) < 4.78 is 1.03. The van der Waals surface area contributed by atoms with E-state index in [2.05, 4.69) is 39.4 Å². The lowest BCUT2D eigenvalue weighted by atomic mass is 10.2. The molecule has 0 aliphatic rings. The van der Waals surface area contributed by atoms with E-state index in [1.807, 2.05) is 42.5 Å². The quantitative estimate of drug-likeness (QED) is 0.533. The number of benzene rings is 2. The van der Waals surface area contributed by atoms with Gasteiger partial charge in [-0.25, -0.2) is 9.97 Å². The van der Waals surface area contributed by atoms with Crippen molar-refractivity contribution in [3.63, 3.8) is 0 Å². The Labute approximate surface area is 144 Å². The Balaban J connectivity index is 1.76. The zero-order valence-electron chi connectivity index (χ0n) is 12.7. The molecule has 24 heavy (non-hydrogen) atoms. The summed E-state index contributed by atoms with van der Waals surface area (Å²) in [4.78, 5) is 9.96. The molecular formula is C20H13N3S. The molecule has 0 spiro atoms. The fourth-order valence-electron chi connectivity index (χ4n) is 2.51. The fraction of sp³-hybridized carbons (Fsp3) is 0. The number of nitrogens with zero attached hydrogens (tertiary/aromatic N) is 2. The molecule has 0 aliphatic carbocycles. The minimum absolute atomic E-state index is 0.793. The molecule has 2 aromatic heterocycles. The second kappa shape index (κ2) is 6.15. The number of aromatic nitrogens is 2. The van der Waals surface area contributed by atoms with Gasteiger partial charge in [-0.1, -0.05) is 42.3 Å². The van der Waals surface area contributed by atoms with Gasteiger partial charge in [-0.2, -0.15) is 0 Å². The molecule has 4 heteroatoms. The minimum Gasteiger partial charge on any atom is -0.339 e. The third-order valence-electron chi connectivity index (χ3n) is 3.66. The van der Waals surface area contributed by atoms with Crippen LogP contribution in [0.25, 0.3) is 20.7 Å². The van der Waals surface area contributed by atoms with Gasteiger partial charge in [0.15, 0.2) is 5.82 Å². The van der Waals surface area contributed by atoms with Crippen LogP contribution in [0.4, 0.5) is 11.5 Å². The Bertz CT molecular complexity index is 1050. The molecule has 0 radical (unpaired) electrons. The summed E-state index contributed by atoms with van der Waals surface area (Å²) in [6.07, 6.45) is 7.05. The standard InChI is InChI=1S/C20H13N3S/c1-2-14-7-6-10-16(11-14)23-20-19-17(21-13-22-20)12-18(24-19)15-8-4-3-5-9-15/h1,3-13H,(H,21,22,23). The summed E-state index contributed by atoms with van der Waals surface area (Å²) in [7, 11) is 0. The van der Waals surface area contributed by atoms with Crippen molar-refractivity contribution in [1.82, 2.24) is 9.97 Å². The van der Waals surface area contributed by atoms with E-state index >= 15 is 0 Å². The SMILES string of the molecule is C#Cc1cccc(Nc2ncnc3cc(-c4ccccc4)sc23)c1. The van der Waals surface area contributed by atoms with Crippen LogP contribution in [0.1, 0.15) is 5.56 Å². The number of terminal acetylenes is 1. The van der Waals surface area contributed by atoms with Crippen molar-refractivity contribution in [1.29, 1.82) is 0 Å². The number of hydrogen-bond donors (Lipinski definition) is 1. The van der Waals surface area contributed by atoms with Gasteiger partial charge in [0.05, 0.1) is 10.2 Å². The van der Waals surface area contributed by atoms with Crippen molar-refractivity contribution >= 4 is 33.1 Å². The lowest BCUT2D eigenvalue weighted by Gasteiger charge is -2.06. The van der Waals surface area contributed by atoms with Crippen LogP contribution in [0.15, 0.2) is 67.0 Å². The van der Waals surface area contributed by atoms with Gasteiger partial charge < -0.3 is 5.32 Å². The molecule has 2 aromatic carbocycles. The maximum Gasteiger partial charge on any atom is 0.151 e. The molecule has 0 amide bonds. The van der Waals surface area contributed by atoms with E-state index in [1.165, 1.54) is 10.4 Å². The van der Waals surface area contributed by atoms with Crippen molar-refractivity contribution in [3.8, 4) is 22.8 Å². The molecule has 0 atom stereocenters. The number of anilines is 2. The highest BCUT2D eigenvalue weighted by Gasteiger charge is 2.10. The summed E-state index contributed by atoms with van der Waals surface area (Å²) in [5, 5.41) is 3.35. The maximum atomic E-state index is 5.47. The molecule has 114 valence electrons. The van der Waals surface area contributed by atoms with Crippen molar-refractivity contribution in [2.24, 2.45) is 0 Å². The first-order chi connectivity index (χ1) is 11.8. The van der Waals surface area contributed by atoms with Crippen LogP contribution < -0.4 is 5.32 Å².